The van der Waals surface area contributed by atoms with Gasteiger partial charge >= 0.3 is 6.09 Å². The van der Waals surface area contributed by atoms with Gasteiger partial charge in [0.05, 0.1) is 12.1 Å². The van der Waals surface area contributed by atoms with Crippen LogP contribution in [0.3, 0.4) is 0 Å². The van der Waals surface area contributed by atoms with Crippen molar-refractivity contribution in [2.75, 3.05) is 20.1 Å². The number of rotatable bonds is 0. The zero-order chi connectivity index (χ0) is 19.1. The molecule has 4 fully saturated rings. The van der Waals surface area contributed by atoms with E-state index < -0.39 is 5.60 Å². The summed E-state index contributed by atoms with van der Waals surface area (Å²) in [5.41, 5.74) is -0.489. The lowest BCUT2D eigenvalue weighted by atomic mass is 10.0. The van der Waals surface area contributed by atoms with Gasteiger partial charge in [-0.2, -0.15) is 0 Å². The Hall–Kier alpha value is -1.14. The number of Topliss-reactive ketones (excluding diaryl/α,β-unsaturated/α-hetero) is 1. The number of aliphatic hydroxyl groups excluding tert-OH is 1. The second-order valence-electron chi connectivity index (χ2n) is 9.34. The van der Waals surface area contributed by atoms with E-state index in [4.69, 9.17) is 4.74 Å². The number of fused-ring (bicyclic) bond motifs is 2. The van der Waals surface area contributed by atoms with Crippen LogP contribution in [-0.2, 0) is 9.53 Å². The van der Waals surface area contributed by atoms with E-state index in [9.17, 15) is 14.7 Å². The molecule has 148 valence electrons. The third kappa shape index (κ3) is 4.06. The zero-order valence-electron chi connectivity index (χ0n) is 16.6. The van der Waals surface area contributed by atoms with Crippen LogP contribution >= 0.6 is 0 Å². The number of likely N-dealkylation sites (N-methyl/N-ethyl adjacent to an activating group) is 1. The molecule has 4 aliphatic rings. The molecule has 1 amide bonds. The van der Waals surface area contributed by atoms with Gasteiger partial charge in [0.1, 0.15) is 5.60 Å². The Balaban J connectivity index is 0.000000167. The highest BCUT2D eigenvalue weighted by Crippen LogP contribution is 2.37. The first-order valence-electron chi connectivity index (χ1n) is 10.1. The third-order valence-electron chi connectivity index (χ3n) is 6.31. The number of carbonyl (C=O) groups excluding carboxylic acids is 2. The maximum Gasteiger partial charge on any atom is 0.410 e. The van der Waals surface area contributed by atoms with Crippen molar-refractivity contribution < 1.29 is 19.4 Å². The van der Waals surface area contributed by atoms with Crippen molar-refractivity contribution in [3.05, 3.63) is 0 Å². The maximum absolute atomic E-state index is 11.9. The molecule has 4 rings (SSSR count). The van der Waals surface area contributed by atoms with Gasteiger partial charge < -0.3 is 14.7 Å². The molecule has 0 radical (unpaired) electrons. The first kappa shape index (κ1) is 19.6. The number of carbonyl (C=O) groups is 2. The molecule has 2 heterocycles. The summed E-state index contributed by atoms with van der Waals surface area (Å²) in [6.45, 7) is 7.38. The van der Waals surface area contributed by atoms with Crippen molar-refractivity contribution in [1.82, 2.24) is 9.80 Å². The van der Waals surface area contributed by atoms with Crippen LogP contribution in [0.25, 0.3) is 0 Å². The lowest BCUT2D eigenvalue weighted by Gasteiger charge is -2.27. The molecule has 1 N–H and O–H groups in total. The fraction of sp³-hybridized carbons (Fsp3) is 0.900. The van der Waals surface area contributed by atoms with Crippen LogP contribution in [0, 0.1) is 11.8 Å². The van der Waals surface area contributed by atoms with Crippen LogP contribution in [0.4, 0.5) is 4.79 Å². The van der Waals surface area contributed by atoms with Crippen LogP contribution in [0.2, 0.25) is 0 Å². The highest BCUT2D eigenvalue weighted by molar-refractivity contribution is 5.90. The zero-order valence-corrected chi connectivity index (χ0v) is 16.6. The summed E-state index contributed by atoms with van der Waals surface area (Å²) in [6.07, 6.45) is 5.70. The van der Waals surface area contributed by atoms with Gasteiger partial charge in [-0.05, 0) is 78.3 Å². The summed E-state index contributed by atoms with van der Waals surface area (Å²) >= 11 is 0. The van der Waals surface area contributed by atoms with Crippen LogP contribution < -0.4 is 0 Å². The van der Waals surface area contributed by atoms with Gasteiger partial charge in [0.25, 0.3) is 0 Å². The van der Waals surface area contributed by atoms with Crippen molar-refractivity contribution in [1.29, 1.82) is 0 Å². The average Bonchev–Trinajstić information content (AvgIpc) is 3.26. The lowest BCUT2D eigenvalue weighted by Crippen LogP contribution is -2.43. The van der Waals surface area contributed by atoms with Crippen molar-refractivity contribution in [2.45, 2.75) is 83.1 Å². The molecule has 5 atom stereocenters. The van der Waals surface area contributed by atoms with Crippen molar-refractivity contribution in [2.24, 2.45) is 11.8 Å². The van der Waals surface area contributed by atoms with Gasteiger partial charge in [0.15, 0.2) is 5.78 Å². The van der Waals surface area contributed by atoms with E-state index in [1.54, 1.807) is 4.90 Å². The van der Waals surface area contributed by atoms with Gasteiger partial charge in [-0.25, -0.2) is 4.79 Å². The van der Waals surface area contributed by atoms with Crippen LogP contribution in [0.5, 0.6) is 0 Å². The minimum absolute atomic E-state index is 0.0301. The molecule has 0 aromatic heterocycles. The normalized spacial score (nSPS) is 36.6. The molecule has 0 spiro atoms. The Labute approximate surface area is 156 Å². The summed E-state index contributed by atoms with van der Waals surface area (Å²) in [7, 11) is 2.12. The first-order valence-corrected chi connectivity index (χ1v) is 10.1. The predicted octanol–water partition coefficient (Wildman–Crippen LogP) is 2.44. The van der Waals surface area contributed by atoms with Crippen molar-refractivity contribution in [3.63, 3.8) is 0 Å². The molecule has 2 aliphatic heterocycles. The summed E-state index contributed by atoms with van der Waals surface area (Å²) < 4.78 is 5.31. The molecule has 2 saturated heterocycles. The molecule has 2 saturated carbocycles. The second kappa shape index (κ2) is 7.47. The number of ether oxygens (including phenoxy) is 1. The highest BCUT2D eigenvalue weighted by Gasteiger charge is 2.46. The second-order valence-corrected chi connectivity index (χ2v) is 9.34. The number of hydrogen-bond donors (Lipinski definition) is 1. The SMILES string of the molecule is CC(C)(C)OC(=O)N1CCC2CCC(=O)C21.CN1CCC2CCC(O)C21. The molecular weight excluding hydrogens is 332 g/mol. The Morgan fingerprint density at radius 1 is 1.08 bits per heavy atom. The highest BCUT2D eigenvalue weighted by atomic mass is 16.6. The molecule has 0 aromatic carbocycles. The molecule has 26 heavy (non-hydrogen) atoms. The van der Waals surface area contributed by atoms with E-state index in [0.717, 1.165) is 25.2 Å². The van der Waals surface area contributed by atoms with Crippen molar-refractivity contribution >= 4 is 11.9 Å². The summed E-state index contributed by atoms with van der Waals surface area (Å²) in [6, 6.07) is 0.301. The van der Waals surface area contributed by atoms with E-state index in [0.29, 0.717) is 24.9 Å². The Morgan fingerprint density at radius 3 is 2.42 bits per heavy atom. The average molecular weight is 367 g/mol. The number of likely N-dealkylation sites (tertiary alicyclic amines) is 2. The number of hydrogen-bond acceptors (Lipinski definition) is 5. The van der Waals surface area contributed by atoms with Gasteiger partial charge in [-0.15, -0.1) is 0 Å². The standard InChI is InChI=1S/C12H19NO3.C8H15NO/c1-12(2,3)16-11(15)13-7-6-8-4-5-9(14)10(8)13;1-9-5-4-6-2-3-7(10)8(6)9/h8,10H,4-7H2,1-3H3;6-8,10H,2-5H2,1H3. The first-order chi connectivity index (χ1) is 12.2. The fourth-order valence-electron chi connectivity index (χ4n) is 5.12. The van der Waals surface area contributed by atoms with E-state index in [-0.39, 0.29) is 24.0 Å². The Bertz CT molecular complexity index is 530. The van der Waals surface area contributed by atoms with Gasteiger partial charge in [0.2, 0.25) is 0 Å². The van der Waals surface area contributed by atoms with Gasteiger partial charge in [-0.1, -0.05) is 0 Å². The number of amides is 1. The summed E-state index contributed by atoms with van der Waals surface area (Å²) in [4.78, 5) is 27.5. The quantitative estimate of drug-likeness (QED) is 0.713. The third-order valence-corrected chi connectivity index (χ3v) is 6.31. The Morgan fingerprint density at radius 2 is 1.77 bits per heavy atom. The molecule has 6 nitrogen and oxygen atoms in total. The Kier molecular flexibility index (Phi) is 5.63. The van der Waals surface area contributed by atoms with E-state index >= 15 is 0 Å². The van der Waals surface area contributed by atoms with Crippen molar-refractivity contribution in [3.8, 4) is 0 Å². The minimum Gasteiger partial charge on any atom is -0.444 e. The lowest BCUT2D eigenvalue weighted by molar-refractivity contribution is -0.121. The van der Waals surface area contributed by atoms with E-state index in [2.05, 4.69) is 11.9 Å². The molecule has 5 unspecified atom stereocenters. The largest absolute Gasteiger partial charge is 0.444 e. The van der Waals surface area contributed by atoms with Gasteiger partial charge in [0, 0.05) is 19.0 Å². The molecule has 0 bridgehead atoms. The molecule has 0 aromatic rings. The van der Waals surface area contributed by atoms with Crippen LogP contribution in [0.1, 0.15) is 59.3 Å². The predicted molar refractivity (Wildman–Crippen MR) is 98.8 cm³/mol. The fourth-order valence-corrected chi connectivity index (χ4v) is 5.12. The molecule has 6 heteroatoms. The monoisotopic (exact) mass is 366 g/mol. The summed E-state index contributed by atoms with van der Waals surface area (Å²) in [5, 5.41) is 9.53. The smallest absolute Gasteiger partial charge is 0.410 e. The van der Waals surface area contributed by atoms with E-state index in [1.165, 1.54) is 19.4 Å². The van der Waals surface area contributed by atoms with Crippen LogP contribution in [0.15, 0.2) is 0 Å². The van der Waals surface area contributed by atoms with Gasteiger partial charge in [-0.3, -0.25) is 9.69 Å². The number of ketones is 1. The minimum atomic E-state index is -0.489. The number of aliphatic hydroxyl groups is 1. The maximum atomic E-state index is 11.9. The number of nitrogens with zero attached hydrogens (tertiary/aromatic N) is 2. The van der Waals surface area contributed by atoms with E-state index in [1.807, 2.05) is 20.8 Å². The summed E-state index contributed by atoms with van der Waals surface area (Å²) in [5.74, 6) is 1.38. The topological polar surface area (TPSA) is 70.1 Å². The van der Waals surface area contributed by atoms with Crippen LogP contribution in [-0.4, -0.2) is 70.7 Å². The molecule has 2 aliphatic carbocycles. The molecular formula is C20H34N2O4.